The van der Waals surface area contributed by atoms with E-state index in [1.807, 2.05) is 30.3 Å². The number of pyridine rings is 1. The van der Waals surface area contributed by atoms with Crippen molar-refractivity contribution in [3.63, 3.8) is 0 Å². The van der Waals surface area contributed by atoms with Crippen LogP contribution in [0.25, 0.3) is 0 Å². The first-order valence-corrected chi connectivity index (χ1v) is 8.23. The zero-order valence-electron chi connectivity index (χ0n) is 15.0. The van der Waals surface area contributed by atoms with Gasteiger partial charge in [-0.25, -0.2) is 4.98 Å². The van der Waals surface area contributed by atoms with Crippen LogP contribution in [0.5, 0.6) is 0 Å². The molecule has 140 valence electrons. The summed E-state index contributed by atoms with van der Waals surface area (Å²) in [5, 5.41) is 6.93. The first-order valence-electron chi connectivity index (χ1n) is 7.85. The van der Waals surface area contributed by atoms with Crippen molar-refractivity contribution in [3.05, 3.63) is 64.4 Å². The standard InChI is InChI=1S/C18H22ClN5O.HI/c1-20-18(23-12-14-6-9-16(19)21-11-14)22-10-13-4-7-15(8-5-13)17(25)24(2)3;/h4-9,11H,10,12H2,1-3H3,(H2,20,22,23);1H. The molecule has 0 atom stereocenters. The number of amides is 1. The Balaban J connectivity index is 0.00000338. The van der Waals surface area contributed by atoms with Gasteiger partial charge in [0.05, 0.1) is 0 Å². The molecule has 2 N–H and O–H groups in total. The van der Waals surface area contributed by atoms with Crippen molar-refractivity contribution in [3.8, 4) is 0 Å². The van der Waals surface area contributed by atoms with Crippen LogP contribution in [0.15, 0.2) is 47.6 Å². The number of halogens is 2. The molecular weight excluding hydrogens is 465 g/mol. The van der Waals surface area contributed by atoms with Crippen LogP contribution in [-0.4, -0.2) is 42.9 Å². The van der Waals surface area contributed by atoms with Crippen LogP contribution in [0.2, 0.25) is 5.15 Å². The summed E-state index contributed by atoms with van der Waals surface area (Å²) < 4.78 is 0. The lowest BCUT2D eigenvalue weighted by Crippen LogP contribution is -2.36. The SMILES string of the molecule is CN=C(NCc1ccc(C(=O)N(C)C)cc1)NCc1ccc(Cl)nc1.I. The molecule has 2 aromatic rings. The molecule has 0 radical (unpaired) electrons. The molecule has 1 heterocycles. The average Bonchev–Trinajstić information content (AvgIpc) is 2.63. The fraction of sp³-hybridized carbons (Fsp3) is 0.278. The van der Waals surface area contributed by atoms with E-state index in [-0.39, 0.29) is 29.9 Å². The molecule has 1 amide bonds. The second kappa shape index (κ2) is 11.0. The maximum absolute atomic E-state index is 11.9. The van der Waals surface area contributed by atoms with Gasteiger partial charge in [-0.3, -0.25) is 9.79 Å². The van der Waals surface area contributed by atoms with Gasteiger partial charge in [0.25, 0.3) is 5.91 Å². The van der Waals surface area contributed by atoms with E-state index in [1.54, 1.807) is 38.3 Å². The summed E-state index contributed by atoms with van der Waals surface area (Å²) in [6.45, 7) is 1.20. The van der Waals surface area contributed by atoms with Crippen molar-refractivity contribution in [1.29, 1.82) is 0 Å². The highest BCUT2D eigenvalue weighted by molar-refractivity contribution is 14.0. The highest BCUT2D eigenvalue weighted by Crippen LogP contribution is 2.07. The van der Waals surface area contributed by atoms with E-state index in [2.05, 4.69) is 20.6 Å². The molecule has 0 aliphatic heterocycles. The van der Waals surface area contributed by atoms with Gasteiger partial charge in [0, 0.05) is 46.0 Å². The first kappa shape index (κ1) is 22.2. The molecule has 1 aromatic carbocycles. The molecule has 26 heavy (non-hydrogen) atoms. The third-order valence-corrected chi connectivity index (χ3v) is 3.76. The van der Waals surface area contributed by atoms with Crippen LogP contribution in [0.3, 0.4) is 0 Å². The van der Waals surface area contributed by atoms with Gasteiger partial charge in [-0.15, -0.1) is 24.0 Å². The largest absolute Gasteiger partial charge is 0.352 e. The number of nitrogens with zero attached hydrogens (tertiary/aromatic N) is 3. The van der Waals surface area contributed by atoms with Gasteiger partial charge >= 0.3 is 0 Å². The number of benzene rings is 1. The second-order valence-electron chi connectivity index (χ2n) is 5.66. The van der Waals surface area contributed by atoms with Crippen LogP contribution in [0.4, 0.5) is 0 Å². The molecule has 0 saturated heterocycles. The average molecular weight is 488 g/mol. The molecule has 2 rings (SSSR count). The van der Waals surface area contributed by atoms with E-state index in [1.165, 1.54) is 0 Å². The van der Waals surface area contributed by atoms with E-state index in [0.717, 1.165) is 11.1 Å². The fourth-order valence-corrected chi connectivity index (χ4v) is 2.24. The van der Waals surface area contributed by atoms with Crippen molar-refractivity contribution >= 4 is 47.4 Å². The van der Waals surface area contributed by atoms with Crippen molar-refractivity contribution in [1.82, 2.24) is 20.5 Å². The van der Waals surface area contributed by atoms with Crippen molar-refractivity contribution in [2.75, 3.05) is 21.1 Å². The van der Waals surface area contributed by atoms with Crippen LogP contribution >= 0.6 is 35.6 Å². The van der Waals surface area contributed by atoms with Gasteiger partial charge < -0.3 is 15.5 Å². The highest BCUT2D eigenvalue weighted by Gasteiger charge is 2.07. The Morgan fingerprint density at radius 3 is 2.15 bits per heavy atom. The predicted octanol–water partition coefficient (Wildman–Crippen LogP) is 2.92. The number of carbonyl (C=O) groups excluding carboxylic acids is 1. The number of hydrogen-bond donors (Lipinski definition) is 2. The third-order valence-electron chi connectivity index (χ3n) is 3.54. The minimum absolute atomic E-state index is 0. The van der Waals surface area contributed by atoms with E-state index in [0.29, 0.717) is 29.8 Å². The molecule has 8 heteroatoms. The number of guanidine groups is 1. The van der Waals surface area contributed by atoms with Crippen molar-refractivity contribution in [2.45, 2.75) is 13.1 Å². The highest BCUT2D eigenvalue weighted by atomic mass is 127. The Morgan fingerprint density at radius 2 is 1.65 bits per heavy atom. The number of rotatable bonds is 5. The lowest BCUT2D eigenvalue weighted by atomic mass is 10.1. The van der Waals surface area contributed by atoms with Crippen LogP contribution in [-0.2, 0) is 13.1 Å². The Hall–Kier alpha value is -1.87. The summed E-state index contributed by atoms with van der Waals surface area (Å²) in [6.07, 6.45) is 1.73. The molecule has 0 aliphatic rings. The topological polar surface area (TPSA) is 69.6 Å². The van der Waals surface area contributed by atoms with Gasteiger partial charge in [-0.1, -0.05) is 29.8 Å². The number of aliphatic imine (C=N–C) groups is 1. The Morgan fingerprint density at radius 1 is 1.08 bits per heavy atom. The smallest absolute Gasteiger partial charge is 0.253 e. The lowest BCUT2D eigenvalue weighted by Gasteiger charge is -2.13. The molecular formula is C18H23ClIN5O. The van der Waals surface area contributed by atoms with E-state index < -0.39 is 0 Å². The van der Waals surface area contributed by atoms with E-state index >= 15 is 0 Å². The Bertz CT molecular complexity index is 732. The second-order valence-corrected chi connectivity index (χ2v) is 6.05. The monoisotopic (exact) mass is 487 g/mol. The quantitative estimate of drug-likeness (QED) is 0.294. The van der Waals surface area contributed by atoms with Crippen LogP contribution in [0.1, 0.15) is 21.5 Å². The first-order chi connectivity index (χ1) is 12.0. The summed E-state index contributed by atoms with van der Waals surface area (Å²) >= 11 is 5.78. The zero-order valence-corrected chi connectivity index (χ0v) is 18.1. The molecule has 0 fully saturated rings. The summed E-state index contributed by atoms with van der Waals surface area (Å²) in [6, 6.07) is 11.2. The zero-order chi connectivity index (χ0) is 18.2. The molecule has 1 aromatic heterocycles. The molecule has 0 unspecified atom stereocenters. The van der Waals surface area contributed by atoms with Gasteiger partial charge in [-0.2, -0.15) is 0 Å². The molecule has 6 nitrogen and oxygen atoms in total. The maximum atomic E-state index is 11.9. The Kier molecular flexibility index (Phi) is 9.36. The number of nitrogens with one attached hydrogen (secondary N) is 2. The number of hydrogen-bond acceptors (Lipinski definition) is 3. The molecule has 0 bridgehead atoms. The van der Waals surface area contributed by atoms with Gasteiger partial charge in [0.1, 0.15) is 5.15 Å². The van der Waals surface area contributed by atoms with E-state index in [4.69, 9.17) is 11.6 Å². The number of aromatic nitrogens is 1. The summed E-state index contributed by atoms with van der Waals surface area (Å²) in [4.78, 5) is 21.7. The van der Waals surface area contributed by atoms with Crippen LogP contribution in [0, 0.1) is 0 Å². The molecule has 0 aliphatic carbocycles. The van der Waals surface area contributed by atoms with Gasteiger partial charge in [0.2, 0.25) is 0 Å². The minimum atomic E-state index is -0.00596. The third kappa shape index (κ3) is 6.80. The van der Waals surface area contributed by atoms with Gasteiger partial charge in [-0.05, 0) is 29.3 Å². The minimum Gasteiger partial charge on any atom is -0.352 e. The van der Waals surface area contributed by atoms with E-state index in [9.17, 15) is 4.79 Å². The van der Waals surface area contributed by atoms with Crippen molar-refractivity contribution < 1.29 is 4.79 Å². The summed E-state index contributed by atoms with van der Waals surface area (Å²) in [7, 11) is 5.20. The van der Waals surface area contributed by atoms with Gasteiger partial charge in [0.15, 0.2) is 5.96 Å². The maximum Gasteiger partial charge on any atom is 0.253 e. The van der Waals surface area contributed by atoms with Crippen LogP contribution < -0.4 is 10.6 Å². The predicted molar refractivity (Wildman–Crippen MR) is 116 cm³/mol. The molecule has 0 saturated carbocycles. The summed E-state index contributed by atoms with van der Waals surface area (Å²) in [5.74, 6) is 0.678. The molecule has 0 spiro atoms. The number of carbonyl (C=O) groups is 1. The fourth-order valence-electron chi connectivity index (χ4n) is 2.13. The summed E-state index contributed by atoms with van der Waals surface area (Å²) in [5.41, 5.74) is 2.75. The lowest BCUT2D eigenvalue weighted by molar-refractivity contribution is 0.0827. The normalized spacial score (nSPS) is 10.7. The van der Waals surface area contributed by atoms with Crippen molar-refractivity contribution in [2.24, 2.45) is 4.99 Å². The Labute approximate surface area is 176 Å².